The highest BCUT2D eigenvalue weighted by molar-refractivity contribution is 9.10. The van der Waals surface area contributed by atoms with Crippen LogP contribution in [0.25, 0.3) is 0 Å². The number of hydrogen-bond donors (Lipinski definition) is 0. The van der Waals surface area contributed by atoms with Crippen molar-refractivity contribution in [3.8, 4) is 0 Å². The first-order valence-corrected chi connectivity index (χ1v) is 6.49. The van der Waals surface area contributed by atoms with Crippen molar-refractivity contribution in [2.45, 2.75) is 31.1 Å². The number of aromatic nitrogens is 1. The maximum atomic E-state index is 12.0. The lowest BCUT2D eigenvalue weighted by atomic mass is 10.1. The summed E-state index contributed by atoms with van der Waals surface area (Å²) >= 11 is 3.41. The van der Waals surface area contributed by atoms with Crippen molar-refractivity contribution < 1.29 is 4.79 Å². The van der Waals surface area contributed by atoms with Crippen molar-refractivity contribution in [1.82, 2.24) is 9.88 Å². The Morgan fingerprint density at radius 1 is 1.69 bits per heavy atom. The molecule has 1 aliphatic heterocycles. The molecule has 1 atom stereocenters. The molecule has 1 aliphatic rings. The van der Waals surface area contributed by atoms with Gasteiger partial charge in [-0.25, -0.2) is 0 Å². The summed E-state index contributed by atoms with van der Waals surface area (Å²) in [5.41, 5.74) is 2.31. The molecule has 0 saturated heterocycles. The first-order valence-electron chi connectivity index (χ1n) is 5.58. The van der Waals surface area contributed by atoms with Gasteiger partial charge in [0.25, 0.3) is 0 Å². The average molecular weight is 283 g/mol. The summed E-state index contributed by atoms with van der Waals surface area (Å²) in [6.07, 6.45) is 3.51. The smallest absolute Gasteiger partial charge is 0.236 e. The molecule has 0 aliphatic carbocycles. The van der Waals surface area contributed by atoms with E-state index in [-0.39, 0.29) is 10.7 Å². The van der Waals surface area contributed by atoms with Crippen molar-refractivity contribution >= 4 is 21.8 Å². The fourth-order valence-corrected chi connectivity index (χ4v) is 2.22. The highest BCUT2D eigenvalue weighted by Crippen LogP contribution is 2.19. The monoisotopic (exact) mass is 282 g/mol. The lowest BCUT2D eigenvalue weighted by Crippen LogP contribution is -2.40. The Labute approximate surface area is 104 Å². The van der Waals surface area contributed by atoms with Crippen LogP contribution >= 0.6 is 15.9 Å². The van der Waals surface area contributed by atoms with Crippen LogP contribution in [0.15, 0.2) is 18.3 Å². The van der Waals surface area contributed by atoms with E-state index in [2.05, 4.69) is 27.0 Å². The van der Waals surface area contributed by atoms with Crippen LogP contribution in [0.3, 0.4) is 0 Å². The highest BCUT2D eigenvalue weighted by atomic mass is 79.9. The summed E-state index contributed by atoms with van der Waals surface area (Å²) in [6, 6.07) is 3.98. The van der Waals surface area contributed by atoms with E-state index in [9.17, 15) is 4.79 Å². The molecule has 1 unspecified atom stereocenters. The van der Waals surface area contributed by atoms with E-state index in [4.69, 9.17) is 0 Å². The zero-order valence-corrected chi connectivity index (χ0v) is 10.9. The summed E-state index contributed by atoms with van der Waals surface area (Å²) < 4.78 is 0. The Hall–Kier alpha value is -0.900. The van der Waals surface area contributed by atoms with E-state index < -0.39 is 0 Å². The molecule has 3 nitrogen and oxygen atoms in total. The molecule has 1 aromatic heterocycles. The van der Waals surface area contributed by atoms with Crippen molar-refractivity contribution in [2.24, 2.45) is 0 Å². The molecular formula is C12H15BrN2O. The molecule has 0 bridgehead atoms. The van der Waals surface area contributed by atoms with Crippen LogP contribution in [0, 0.1) is 0 Å². The Kier molecular flexibility index (Phi) is 3.59. The molecule has 16 heavy (non-hydrogen) atoms. The number of pyridine rings is 1. The molecule has 1 aromatic rings. The normalized spacial score (nSPS) is 16.8. The molecule has 2 rings (SSSR count). The minimum absolute atomic E-state index is 0.0503. The number of amides is 1. The van der Waals surface area contributed by atoms with Gasteiger partial charge in [0.2, 0.25) is 5.91 Å². The minimum atomic E-state index is -0.0503. The number of hydrogen-bond acceptors (Lipinski definition) is 2. The van der Waals surface area contributed by atoms with Gasteiger partial charge < -0.3 is 4.90 Å². The number of fused-ring (bicyclic) bond motifs is 1. The third kappa shape index (κ3) is 2.26. The third-order valence-corrected chi connectivity index (χ3v) is 3.94. The predicted octanol–water partition coefficient (Wildman–Crippen LogP) is 2.14. The Morgan fingerprint density at radius 3 is 3.25 bits per heavy atom. The van der Waals surface area contributed by atoms with Gasteiger partial charge in [-0.05, 0) is 18.1 Å². The van der Waals surface area contributed by atoms with E-state index in [1.807, 2.05) is 24.1 Å². The number of halogens is 1. The maximum Gasteiger partial charge on any atom is 0.236 e. The molecule has 1 amide bonds. The standard InChI is InChI=1S/C12H15BrN2O/c1-2-10(13)12(16)15-7-5-11-9(8-15)4-3-6-14-11/h3-4,6,10H,2,5,7-8H2,1H3. The van der Waals surface area contributed by atoms with Crippen LogP contribution in [0.1, 0.15) is 24.6 Å². The number of carbonyl (C=O) groups is 1. The molecule has 0 saturated carbocycles. The molecular weight excluding hydrogens is 268 g/mol. The Bertz CT molecular complexity index is 394. The van der Waals surface area contributed by atoms with Crippen molar-refractivity contribution in [2.75, 3.05) is 6.54 Å². The zero-order valence-electron chi connectivity index (χ0n) is 9.32. The highest BCUT2D eigenvalue weighted by Gasteiger charge is 2.24. The molecule has 0 fully saturated rings. The molecule has 0 aromatic carbocycles. The summed E-state index contributed by atoms with van der Waals surface area (Å²) in [5, 5.41) is 0. The second kappa shape index (κ2) is 4.95. The molecule has 0 spiro atoms. The number of rotatable bonds is 2. The average Bonchev–Trinajstić information content (AvgIpc) is 2.36. The quantitative estimate of drug-likeness (QED) is 0.779. The van der Waals surface area contributed by atoms with Gasteiger partial charge in [-0.1, -0.05) is 28.9 Å². The predicted molar refractivity (Wildman–Crippen MR) is 66.4 cm³/mol. The summed E-state index contributed by atoms with van der Waals surface area (Å²) in [6.45, 7) is 3.49. The van der Waals surface area contributed by atoms with Crippen molar-refractivity contribution in [1.29, 1.82) is 0 Å². The van der Waals surface area contributed by atoms with E-state index in [1.54, 1.807) is 0 Å². The number of carbonyl (C=O) groups excluding carboxylic acids is 1. The van der Waals surface area contributed by atoms with Crippen molar-refractivity contribution in [3.05, 3.63) is 29.6 Å². The fraction of sp³-hybridized carbons (Fsp3) is 0.500. The summed E-state index contributed by atoms with van der Waals surface area (Å²) in [5.74, 6) is 0.192. The lowest BCUT2D eigenvalue weighted by molar-refractivity contribution is -0.131. The second-order valence-corrected chi connectivity index (χ2v) is 5.10. The minimum Gasteiger partial charge on any atom is -0.337 e. The zero-order chi connectivity index (χ0) is 11.5. The van der Waals surface area contributed by atoms with Gasteiger partial charge in [-0.15, -0.1) is 0 Å². The van der Waals surface area contributed by atoms with Crippen LogP contribution in [0.4, 0.5) is 0 Å². The van der Waals surface area contributed by atoms with Gasteiger partial charge in [0, 0.05) is 31.4 Å². The molecule has 0 radical (unpaired) electrons. The van der Waals surface area contributed by atoms with Gasteiger partial charge in [0.15, 0.2) is 0 Å². The molecule has 86 valence electrons. The Balaban J connectivity index is 2.11. The lowest BCUT2D eigenvalue weighted by Gasteiger charge is -2.29. The van der Waals surface area contributed by atoms with E-state index in [0.717, 1.165) is 25.1 Å². The number of nitrogens with zero attached hydrogens (tertiary/aromatic N) is 2. The van der Waals surface area contributed by atoms with Crippen molar-refractivity contribution in [3.63, 3.8) is 0 Å². The van der Waals surface area contributed by atoms with Gasteiger partial charge in [-0.2, -0.15) is 0 Å². The van der Waals surface area contributed by atoms with Crippen LogP contribution in [0.2, 0.25) is 0 Å². The fourth-order valence-electron chi connectivity index (χ4n) is 1.93. The van der Waals surface area contributed by atoms with Gasteiger partial charge >= 0.3 is 0 Å². The van der Waals surface area contributed by atoms with Crippen LogP contribution < -0.4 is 0 Å². The van der Waals surface area contributed by atoms with Crippen LogP contribution in [-0.4, -0.2) is 27.2 Å². The third-order valence-electron chi connectivity index (χ3n) is 2.90. The molecule has 0 N–H and O–H groups in total. The largest absolute Gasteiger partial charge is 0.337 e. The maximum absolute atomic E-state index is 12.0. The first kappa shape index (κ1) is 11.6. The van der Waals surface area contributed by atoms with Gasteiger partial charge in [0.05, 0.1) is 4.83 Å². The second-order valence-electron chi connectivity index (χ2n) is 3.99. The van der Waals surface area contributed by atoms with E-state index in [1.165, 1.54) is 5.56 Å². The summed E-state index contributed by atoms with van der Waals surface area (Å²) in [4.78, 5) is 18.2. The van der Waals surface area contributed by atoms with E-state index >= 15 is 0 Å². The SMILES string of the molecule is CCC(Br)C(=O)N1CCc2ncccc2C1. The molecule has 4 heteroatoms. The Morgan fingerprint density at radius 2 is 2.50 bits per heavy atom. The first-order chi connectivity index (χ1) is 7.72. The van der Waals surface area contributed by atoms with Crippen LogP contribution in [-0.2, 0) is 17.8 Å². The van der Waals surface area contributed by atoms with Crippen LogP contribution in [0.5, 0.6) is 0 Å². The van der Waals surface area contributed by atoms with E-state index in [0.29, 0.717) is 6.54 Å². The van der Waals surface area contributed by atoms with Gasteiger partial charge in [-0.3, -0.25) is 9.78 Å². The topological polar surface area (TPSA) is 33.2 Å². The van der Waals surface area contributed by atoms with Gasteiger partial charge in [0.1, 0.15) is 0 Å². The molecule has 2 heterocycles. The summed E-state index contributed by atoms with van der Waals surface area (Å²) in [7, 11) is 0. The number of alkyl halides is 1.